The second-order valence-electron chi connectivity index (χ2n) is 13.4. The lowest BCUT2D eigenvalue weighted by Crippen LogP contribution is -2.37. The summed E-state index contributed by atoms with van der Waals surface area (Å²) in [6.07, 6.45) is -1.08. The summed E-state index contributed by atoms with van der Waals surface area (Å²) < 4.78 is 86.6. The van der Waals surface area contributed by atoms with Gasteiger partial charge in [0.2, 0.25) is 0 Å². The third kappa shape index (κ3) is 6.43. The molecule has 3 aliphatic rings. The second-order valence-corrected chi connectivity index (χ2v) is 13.4. The average Bonchev–Trinajstić information content (AvgIpc) is 3.93. The van der Waals surface area contributed by atoms with Crippen molar-refractivity contribution in [3.05, 3.63) is 108 Å². The van der Waals surface area contributed by atoms with Crippen LogP contribution in [0.4, 0.5) is 19.0 Å². The van der Waals surface area contributed by atoms with E-state index in [1.165, 1.54) is 26.9 Å². The molecule has 2 fully saturated rings. The molecule has 17 heteroatoms. The lowest BCUT2D eigenvalue weighted by Gasteiger charge is -2.29. The maximum atomic E-state index is 14.3. The number of alkyl halides is 3. The van der Waals surface area contributed by atoms with Gasteiger partial charge in [-0.05, 0) is 74.5 Å². The molecule has 0 spiro atoms. The topological polar surface area (TPSA) is 163 Å². The third-order valence-corrected chi connectivity index (χ3v) is 9.50. The largest absolute Gasteiger partial charge is 0.497 e. The Kier molecular flexibility index (Phi) is 8.82. The highest BCUT2D eigenvalue weighted by molar-refractivity contribution is 5.98. The van der Waals surface area contributed by atoms with Crippen LogP contribution in [0.5, 0.6) is 23.0 Å². The van der Waals surface area contributed by atoms with E-state index in [-0.39, 0.29) is 29.4 Å². The molecule has 1 amide bonds. The summed E-state index contributed by atoms with van der Waals surface area (Å²) in [5.41, 5.74) is 6.25. The predicted molar refractivity (Wildman–Crippen MR) is 188 cm³/mol. The Hall–Kier alpha value is -5.91. The van der Waals surface area contributed by atoms with Crippen molar-refractivity contribution in [3.63, 3.8) is 0 Å². The van der Waals surface area contributed by atoms with Crippen LogP contribution < -0.4 is 30.0 Å². The van der Waals surface area contributed by atoms with Gasteiger partial charge in [0, 0.05) is 17.7 Å². The standard InChI is InChI=1S/C38H35F3N6O8/c1-36(2)53-30-26(51-35(31(30)54-36)47-19-46-28-32(42)44-18-45-33(28)47)6-5-15-43-34(48)25-16-22(38(39,40)41)17-27-29(25)55-37(52-27,20-7-11-23(49-3)12-8-20)21-9-13-24(50-4)14-10-21/h5-14,16-19,26,30-31,35H,15H2,1-4H3,(H,43,48)(H2,42,44,45)/b6-5+/t26-,30?,31?,35-/m1/s1. The normalized spacial score (nSPS) is 22.2. The minimum Gasteiger partial charge on any atom is -0.497 e. The highest BCUT2D eigenvalue weighted by atomic mass is 19.4. The number of aromatic nitrogens is 4. The Morgan fingerprint density at radius 1 is 0.945 bits per heavy atom. The molecule has 0 aliphatic carbocycles. The number of imidazole rings is 1. The maximum Gasteiger partial charge on any atom is 0.416 e. The van der Waals surface area contributed by atoms with E-state index >= 15 is 0 Å². The molecular weight excluding hydrogens is 725 g/mol. The van der Waals surface area contributed by atoms with Gasteiger partial charge >= 0.3 is 12.0 Å². The van der Waals surface area contributed by atoms with Gasteiger partial charge in [-0.2, -0.15) is 13.2 Å². The van der Waals surface area contributed by atoms with Crippen LogP contribution in [0.3, 0.4) is 0 Å². The van der Waals surface area contributed by atoms with E-state index in [0.29, 0.717) is 33.8 Å². The SMILES string of the molecule is COc1ccc(C2(c3ccc(OC)cc3)Oc3cc(C(F)(F)F)cc(C(=O)NC/C=C/[C@H]4O[C@@H](n5cnc6c(N)ncnc65)C5OC(C)(C)OC54)c3O2)cc1. The number of carbonyl (C=O) groups excluding carboxylic acids is 1. The van der Waals surface area contributed by atoms with E-state index in [2.05, 4.69) is 20.3 Å². The molecule has 3 aromatic carbocycles. The lowest BCUT2D eigenvalue weighted by atomic mass is 9.97. The first-order valence-electron chi connectivity index (χ1n) is 17.1. The molecule has 4 atom stereocenters. The summed E-state index contributed by atoms with van der Waals surface area (Å²) in [4.78, 5) is 26.4. The summed E-state index contributed by atoms with van der Waals surface area (Å²) in [6.45, 7) is 3.48. The highest BCUT2D eigenvalue weighted by Crippen LogP contribution is 2.52. The Bertz CT molecular complexity index is 2230. The summed E-state index contributed by atoms with van der Waals surface area (Å²) in [5.74, 6) is -2.66. The van der Waals surface area contributed by atoms with Gasteiger partial charge in [-0.25, -0.2) is 15.0 Å². The summed E-state index contributed by atoms with van der Waals surface area (Å²) in [6, 6.07) is 14.9. The van der Waals surface area contributed by atoms with Gasteiger partial charge in [0.25, 0.3) is 5.91 Å². The number of nitrogen functional groups attached to an aromatic ring is 1. The van der Waals surface area contributed by atoms with Crippen LogP contribution in [0, 0.1) is 0 Å². The first-order chi connectivity index (χ1) is 26.3. The molecule has 2 unspecified atom stereocenters. The van der Waals surface area contributed by atoms with Gasteiger partial charge < -0.3 is 44.2 Å². The van der Waals surface area contributed by atoms with E-state index in [4.69, 9.17) is 38.9 Å². The van der Waals surface area contributed by atoms with Crippen LogP contribution in [0.15, 0.2) is 85.5 Å². The molecule has 0 saturated carbocycles. The monoisotopic (exact) mass is 760 g/mol. The first kappa shape index (κ1) is 36.1. The Morgan fingerprint density at radius 2 is 1.60 bits per heavy atom. The van der Waals surface area contributed by atoms with Crippen molar-refractivity contribution in [1.82, 2.24) is 24.8 Å². The van der Waals surface area contributed by atoms with E-state index in [1.807, 2.05) is 0 Å². The number of rotatable bonds is 9. The van der Waals surface area contributed by atoms with Gasteiger partial charge in [0.1, 0.15) is 41.7 Å². The highest BCUT2D eigenvalue weighted by Gasteiger charge is 2.55. The second kappa shape index (κ2) is 13.4. The molecule has 55 heavy (non-hydrogen) atoms. The minimum atomic E-state index is -4.80. The van der Waals surface area contributed by atoms with Crippen molar-refractivity contribution in [3.8, 4) is 23.0 Å². The number of hydrogen-bond acceptors (Lipinski definition) is 12. The predicted octanol–water partition coefficient (Wildman–Crippen LogP) is 5.52. The molecule has 0 bridgehead atoms. The molecule has 5 aromatic rings. The van der Waals surface area contributed by atoms with Gasteiger partial charge in [-0.15, -0.1) is 0 Å². The molecule has 0 radical (unpaired) electrons. The molecule has 8 rings (SSSR count). The summed E-state index contributed by atoms with van der Waals surface area (Å²) in [7, 11) is 3.01. The van der Waals surface area contributed by atoms with E-state index < -0.39 is 53.8 Å². The minimum absolute atomic E-state index is 0.0866. The molecular formula is C38H35F3N6O8. The molecule has 3 N–H and O–H groups in total. The zero-order valence-electron chi connectivity index (χ0n) is 29.9. The number of fused-ring (bicyclic) bond motifs is 3. The van der Waals surface area contributed by atoms with Gasteiger partial charge in [0.05, 0.1) is 31.7 Å². The number of halogens is 3. The van der Waals surface area contributed by atoms with Crippen LogP contribution in [0.2, 0.25) is 0 Å². The van der Waals surface area contributed by atoms with Crippen LogP contribution in [0.1, 0.15) is 47.1 Å². The smallest absolute Gasteiger partial charge is 0.416 e. The van der Waals surface area contributed by atoms with Gasteiger partial charge in [-0.3, -0.25) is 9.36 Å². The fourth-order valence-corrected chi connectivity index (χ4v) is 6.95. The van der Waals surface area contributed by atoms with Crippen molar-refractivity contribution in [2.24, 2.45) is 0 Å². The maximum absolute atomic E-state index is 14.3. The Balaban J connectivity index is 1.06. The summed E-state index contributed by atoms with van der Waals surface area (Å²) in [5, 5.41) is 2.68. The van der Waals surface area contributed by atoms with Crippen LogP contribution in [-0.4, -0.2) is 70.3 Å². The van der Waals surface area contributed by atoms with E-state index in [9.17, 15) is 18.0 Å². The number of carbonyl (C=O) groups is 1. The van der Waals surface area contributed by atoms with Crippen molar-refractivity contribution in [2.45, 2.75) is 56.1 Å². The zero-order chi connectivity index (χ0) is 38.7. The first-order valence-corrected chi connectivity index (χ1v) is 17.1. The zero-order valence-corrected chi connectivity index (χ0v) is 29.9. The van der Waals surface area contributed by atoms with Crippen LogP contribution in [0.25, 0.3) is 11.2 Å². The van der Waals surface area contributed by atoms with Crippen LogP contribution in [-0.2, 0) is 26.2 Å². The molecule has 3 aliphatic heterocycles. The number of hydrogen-bond donors (Lipinski definition) is 2. The fourth-order valence-electron chi connectivity index (χ4n) is 6.95. The number of nitrogens with two attached hydrogens (primary N) is 1. The number of benzene rings is 3. The number of ether oxygens (including phenoxy) is 7. The van der Waals surface area contributed by atoms with Crippen molar-refractivity contribution < 1.29 is 51.1 Å². The molecule has 14 nitrogen and oxygen atoms in total. The van der Waals surface area contributed by atoms with Crippen LogP contribution >= 0.6 is 0 Å². The average molecular weight is 761 g/mol. The molecule has 2 saturated heterocycles. The number of anilines is 1. The van der Waals surface area contributed by atoms with E-state index in [0.717, 1.165) is 12.1 Å². The summed E-state index contributed by atoms with van der Waals surface area (Å²) >= 11 is 0. The number of nitrogens with zero attached hydrogens (tertiary/aromatic N) is 4. The number of methoxy groups -OCH3 is 2. The molecule has 286 valence electrons. The Morgan fingerprint density at radius 3 is 2.24 bits per heavy atom. The fraction of sp³-hybridized carbons (Fsp3) is 0.316. The molecule has 5 heterocycles. The van der Waals surface area contributed by atoms with E-state index in [1.54, 1.807) is 79.1 Å². The van der Waals surface area contributed by atoms with Gasteiger partial charge in [0.15, 0.2) is 35.0 Å². The van der Waals surface area contributed by atoms with Crippen molar-refractivity contribution in [1.29, 1.82) is 0 Å². The molecule has 2 aromatic heterocycles. The third-order valence-electron chi connectivity index (χ3n) is 9.50. The van der Waals surface area contributed by atoms with Crippen molar-refractivity contribution >= 4 is 22.9 Å². The van der Waals surface area contributed by atoms with Gasteiger partial charge in [-0.1, -0.05) is 12.2 Å². The lowest BCUT2D eigenvalue weighted by molar-refractivity contribution is -0.191. The number of amides is 1. The Labute approximate surface area is 311 Å². The quantitative estimate of drug-likeness (QED) is 0.181. The van der Waals surface area contributed by atoms with Crippen molar-refractivity contribution in [2.75, 3.05) is 26.5 Å². The number of nitrogens with one attached hydrogen (secondary N) is 1.